The van der Waals surface area contributed by atoms with Crippen molar-refractivity contribution in [3.63, 3.8) is 0 Å². The molecule has 0 aliphatic rings. The Morgan fingerprint density at radius 3 is 1.95 bits per heavy atom. The normalized spacial score (nSPS) is 12.3. The van der Waals surface area contributed by atoms with Crippen molar-refractivity contribution in [3.05, 3.63) is 48.0 Å². The van der Waals surface area contributed by atoms with Crippen molar-refractivity contribution in [1.82, 2.24) is 0 Å². The van der Waals surface area contributed by atoms with Gasteiger partial charge in [-0.05, 0) is 43.9 Å². The third kappa shape index (κ3) is 3.50. The molecule has 0 aliphatic carbocycles. The Labute approximate surface area is 132 Å². The average molecular weight is 298 g/mol. The maximum absolute atomic E-state index is 9.35. The van der Waals surface area contributed by atoms with Crippen LogP contribution in [0.4, 0.5) is 0 Å². The van der Waals surface area contributed by atoms with E-state index in [1.807, 2.05) is 52.8 Å². The number of benzene rings is 2. The van der Waals surface area contributed by atoms with Crippen molar-refractivity contribution in [2.24, 2.45) is 5.41 Å². The van der Waals surface area contributed by atoms with Gasteiger partial charge in [0.2, 0.25) is 0 Å². The van der Waals surface area contributed by atoms with Crippen molar-refractivity contribution in [3.8, 4) is 0 Å². The van der Waals surface area contributed by atoms with Gasteiger partial charge in [0.05, 0.1) is 5.60 Å². The molecule has 2 heteroatoms. The van der Waals surface area contributed by atoms with Crippen LogP contribution in [0.2, 0.25) is 0 Å². The van der Waals surface area contributed by atoms with Crippen LogP contribution in [0, 0.1) is 12.3 Å². The highest BCUT2D eigenvalue weighted by atomic mass is 16.3. The highest BCUT2D eigenvalue weighted by Gasteiger charge is 2.29. The molecule has 1 aromatic heterocycles. The minimum atomic E-state index is -0.562. The number of aliphatic hydroxyl groups is 1. The summed E-state index contributed by atoms with van der Waals surface area (Å²) in [5.41, 5.74) is 2.61. The molecule has 3 aromatic rings. The van der Waals surface area contributed by atoms with Gasteiger partial charge in [0.25, 0.3) is 0 Å². The maximum Gasteiger partial charge on any atom is 0.135 e. The molecule has 0 fully saturated rings. The fourth-order valence-corrected chi connectivity index (χ4v) is 1.83. The van der Waals surface area contributed by atoms with E-state index in [-0.39, 0.29) is 5.41 Å². The van der Waals surface area contributed by atoms with Gasteiger partial charge in [0, 0.05) is 10.8 Å². The summed E-state index contributed by atoms with van der Waals surface area (Å²) < 4.78 is 5.73. The summed E-state index contributed by atoms with van der Waals surface area (Å²) in [6, 6.07) is 14.5. The van der Waals surface area contributed by atoms with Crippen LogP contribution in [-0.2, 0) is 0 Å². The Kier molecular flexibility index (Phi) is 4.35. The molecule has 2 aromatic carbocycles. The number of furan rings is 1. The van der Waals surface area contributed by atoms with Crippen molar-refractivity contribution in [2.45, 2.75) is 47.1 Å². The lowest BCUT2D eigenvalue weighted by atomic mass is 9.79. The minimum absolute atomic E-state index is 0.00694. The molecule has 2 nitrogen and oxygen atoms in total. The molecular formula is C20H26O2. The molecule has 0 saturated carbocycles. The SMILES string of the molecule is CC(C)(C)C(C)(C)O.Cc1ccc2c(c1)oc1ccccc12. The quantitative estimate of drug-likeness (QED) is 0.577. The predicted octanol–water partition coefficient (Wildman–Crippen LogP) is 5.70. The number of hydrogen-bond acceptors (Lipinski definition) is 2. The maximum atomic E-state index is 9.35. The van der Waals surface area contributed by atoms with Crippen molar-refractivity contribution in [2.75, 3.05) is 0 Å². The number of aryl methyl sites for hydroxylation is 1. The largest absolute Gasteiger partial charge is 0.456 e. The van der Waals surface area contributed by atoms with E-state index in [2.05, 4.69) is 31.2 Å². The lowest BCUT2D eigenvalue weighted by molar-refractivity contribution is -0.0238. The Morgan fingerprint density at radius 1 is 0.818 bits per heavy atom. The summed E-state index contributed by atoms with van der Waals surface area (Å²) in [6.07, 6.45) is 0. The Morgan fingerprint density at radius 2 is 1.36 bits per heavy atom. The topological polar surface area (TPSA) is 33.4 Å². The molecule has 0 amide bonds. The molecule has 0 unspecified atom stereocenters. The number of hydrogen-bond donors (Lipinski definition) is 1. The van der Waals surface area contributed by atoms with Gasteiger partial charge in [-0.15, -0.1) is 0 Å². The fraction of sp³-hybridized carbons (Fsp3) is 0.400. The van der Waals surface area contributed by atoms with Gasteiger partial charge in [-0.3, -0.25) is 0 Å². The van der Waals surface area contributed by atoms with E-state index in [4.69, 9.17) is 4.42 Å². The molecule has 3 rings (SSSR count). The van der Waals surface area contributed by atoms with Crippen LogP contribution >= 0.6 is 0 Å². The van der Waals surface area contributed by atoms with E-state index >= 15 is 0 Å². The van der Waals surface area contributed by atoms with E-state index in [9.17, 15) is 5.11 Å². The lowest BCUT2D eigenvalue weighted by Gasteiger charge is -2.33. The second-order valence-electron chi connectivity index (χ2n) is 7.41. The zero-order chi connectivity index (χ0) is 16.5. The summed E-state index contributed by atoms with van der Waals surface area (Å²) >= 11 is 0. The molecule has 0 bridgehead atoms. The molecule has 0 aliphatic heterocycles. The standard InChI is InChI=1S/C13H10O.C7H16O/c1-9-6-7-11-10-4-2-3-5-12(10)14-13(11)8-9;1-6(2,3)7(4,5)8/h2-8H,1H3;8H,1-5H3. The first-order valence-corrected chi connectivity index (χ1v) is 7.70. The van der Waals surface area contributed by atoms with E-state index in [0.717, 1.165) is 11.2 Å². The van der Waals surface area contributed by atoms with Gasteiger partial charge in [-0.1, -0.05) is 51.1 Å². The summed E-state index contributed by atoms with van der Waals surface area (Å²) in [5.74, 6) is 0. The van der Waals surface area contributed by atoms with Crippen LogP contribution in [-0.4, -0.2) is 10.7 Å². The predicted molar refractivity (Wildman–Crippen MR) is 94.2 cm³/mol. The van der Waals surface area contributed by atoms with Crippen LogP contribution in [0.5, 0.6) is 0 Å². The summed E-state index contributed by atoms with van der Waals surface area (Å²) in [7, 11) is 0. The number of para-hydroxylation sites is 1. The Bertz CT molecular complexity index is 756. The Hall–Kier alpha value is -1.80. The van der Waals surface area contributed by atoms with Gasteiger partial charge in [-0.25, -0.2) is 0 Å². The van der Waals surface area contributed by atoms with Crippen LogP contribution in [0.15, 0.2) is 46.9 Å². The Balaban J connectivity index is 0.000000192. The van der Waals surface area contributed by atoms with Crippen LogP contribution in [0.1, 0.15) is 40.2 Å². The first kappa shape index (κ1) is 16.6. The third-order valence-electron chi connectivity index (χ3n) is 4.37. The van der Waals surface area contributed by atoms with Crippen molar-refractivity contribution < 1.29 is 9.52 Å². The molecule has 118 valence electrons. The van der Waals surface area contributed by atoms with Crippen LogP contribution < -0.4 is 0 Å². The van der Waals surface area contributed by atoms with Gasteiger partial charge < -0.3 is 9.52 Å². The van der Waals surface area contributed by atoms with Gasteiger partial charge in [0.1, 0.15) is 11.2 Å². The second-order valence-corrected chi connectivity index (χ2v) is 7.41. The first-order valence-electron chi connectivity index (χ1n) is 7.70. The van der Waals surface area contributed by atoms with Crippen molar-refractivity contribution >= 4 is 21.9 Å². The zero-order valence-corrected chi connectivity index (χ0v) is 14.4. The highest BCUT2D eigenvalue weighted by Crippen LogP contribution is 2.29. The monoisotopic (exact) mass is 298 g/mol. The molecule has 22 heavy (non-hydrogen) atoms. The van der Waals surface area contributed by atoms with Crippen molar-refractivity contribution in [1.29, 1.82) is 0 Å². The number of rotatable bonds is 0. The molecule has 0 spiro atoms. The third-order valence-corrected chi connectivity index (χ3v) is 4.37. The highest BCUT2D eigenvalue weighted by molar-refractivity contribution is 6.04. The molecular weight excluding hydrogens is 272 g/mol. The number of fused-ring (bicyclic) bond motifs is 3. The summed E-state index contributed by atoms with van der Waals surface area (Å²) in [6.45, 7) is 11.8. The molecule has 1 heterocycles. The lowest BCUT2D eigenvalue weighted by Crippen LogP contribution is -2.35. The van der Waals surface area contributed by atoms with Gasteiger partial charge in [0.15, 0.2) is 0 Å². The molecule has 0 radical (unpaired) electrons. The van der Waals surface area contributed by atoms with Gasteiger partial charge in [-0.2, -0.15) is 0 Å². The summed E-state index contributed by atoms with van der Waals surface area (Å²) in [4.78, 5) is 0. The molecule has 0 atom stereocenters. The summed E-state index contributed by atoms with van der Waals surface area (Å²) in [5, 5.41) is 11.8. The zero-order valence-electron chi connectivity index (χ0n) is 14.4. The van der Waals surface area contributed by atoms with E-state index in [1.54, 1.807) is 0 Å². The van der Waals surface area contributed by atoms with Crippen LogP contribution in [0.25, 0.3) is 21.9 Å². The minimum Gasteiger partial charge on any atom is -0.456 e. The van der Waals surface area contributed by atoms with E-state index < -0.39 is 5.60 Å². The van der Waals surface area contributed by atoms with E-state index in [1.165, 1.54) is 16.3 Å². The fourth-order valence-electron chi connectivity index (χ4n) is 1.83. The smallest absolute Gasteiger partial charge is 0.135 e. The first-order chi connectivity index (χ1) is 10.1. The van der Waals surface area contributed by atoms with Crippen LogP contribution in [0.3, 0.4) is 0 Å². The van der Waals surface area contributed by atoms with E-state index in [0.29, 0.717) is 0 Å². The molecule has 0 saturated heterocycles. The van der Waals surface area contributed by atoms with Gasteiger partial charge >= 0.3 is 0 Å². The molecule has 1 N–H and O–H groups in total. The average Bonchev–Trinajstić information content (AvgIpc) is 2.74. The second kappa shape index (κ2) is 5.77.